The Morgan fingerprint density at radius 3 is 3.00 bits per heavy atom. The molecule has 0 radical (unpaired) electrons. The first kappa shape index (κ1) is 9.27. The van der Waals surface area contributed by atoms with Crippen LogP contribution in [0, 0.1) is 0 Å². The predicted octanol–water partition coefficient (Wildman–Crippen LogP) is 2.82. The minimum atomic E-state index is -0.858. The fourth-order valence-electron chi connectivity index (χ4n) is 1.40. The van der Waals surface area contributed by atoms with E-state index in [2.05, 4.69) is 15.9 Å². The molecule has 0 bridgehead atoms. The van der Waals surface area contributed by atoms with E-state index in [1.807, 2.05) is 18.2 Å². The highest BCUT2D eigenvalue weighted by molar-refractivity contribution is 9.10. The van der Waals surface area contributed by atoms with Crippen LogP contribution in [0.5, 0.6) is 0 Å². The number of hydrogen-bond donors (Lipinski definition) is 1. The molecule has 0 aliphatic carbocycles. The molecular weight excluding hydrogens is 248 g/mol. The van der Waals surface area contributed by atoms with Gasteiger partial charge in [0.2, 0.25) is 0 Å². The lowest BCUT2D eigenvalue weighted by atomic mass is 10.1. The molecule has 72 valence electrons. The molecule has 0 unspecified atom stereocenters. The number of carboxylic acids is 1. The standard InChI is InChI=1S/C10H7BrO3/c11-7-2-1-3-8-10(7)6(5-14-8)4-9(12)13/h1-3,5H,4H2,(H,12,13). The van der Waals surface area contributed by atoms with E-state index in [-0.39, 0.29) is 6.42 Å². The number of fused-ring (bicyclic) bond motifs is 1. The average Bonchev–Trinajstić information content (AvgIpc) is 2.49. The largest absolute Gasteiger partial charge is 0.481 e. The maximum absolute atomic E-state index is 10.6. The van der Waals surface area contributed by atoms with Crippen molar-refractivity contribution in [2.45, 2.75) is 6.42 Å². The lowest BCUT2D eigenvalue weighted by Crippen LogP contribution is -1.98. The van der Waals surface area contributed by atoms with E-state index in [9.17, 15) is 4.79 Å². The summed E-state index contributed by atoms with van der Waals surface area (Å²) in [6, 6.07) is 5.52. The van der Waals surface area contributed by atoms with Crippen molar-refractivity contribution in [1.29, 1.82) is 0 Å². The van der Waals surface area contributed by atoms with Gasteiger partial charge in [-0.15, -0.1) is 0 Å². The highest BCUT2D eigenvalue weighted by atomic mass is 79.9. The van der Waals surface area contributed by atoms with Crippen LogP contribution < -0.4 is 0 Å². The summed E-state index contributed by atoms with van der Waals surface area (Å²) < 4.78 is 6.10. The zero-order valence-electron chi connectivity index (χ0n) is 7.16. The lowest BCUT2D eigenvalue weighted by molar-refractivity contribution is -0.136. The average molecular weight is 255 g/mol. The van der Waals surface area contributed by atoms with Gasteiger partial charge in [0.15, 0.2) is 0 Å². The molecule has 2 aromatic rings. The van der Waals surface area contributed by atoms with E-state index in [4.69, 9.17) is 9.52 Å². The van der Waals surface area contributed by atoms with Crippen LogP contribution in [0.15, 0.2) is 33.4 Å². The Morgan fingerprint density at radius 2 is 2.29 bits per heavy atom. The first-order chi connectivity index (χ1) is 6.68. The van der Waals surface area contributed by atoms with E-state index in [1.165, 1.54) is 6.26 Å². The molecular formula is C10H7BrO3. The highest BCUT2D eigenvalue weighted by Gasteiger charge is 2.11. The van der Waals surface area contributed by atoms with Gasteiger partial charge in [-0.25, -0.2) is 0 Å². The van der Waals surface area contributed by atoms with Crippen molar-refractivity contribution in [3.05, 3.63) is 34.5 Å². The second kappa shape index (κ2) is 3.46. The lowest BCUT2D eigenvalue weighted by Gasteiger charge is -1.95. The van der Waals surface area contributed by atoms with Crippen molar-refractivity contribution in [3.8, 4) is 0 Å². The minimum absolute atomic E-state index is 0.0182. The Kier molecular flexibility index (Phi) is 2.29. The number of benzene rings is 1. The smallest absolute Gasteiger partial charge is 0.307 e. The molecule has 1 heterocycles. The van der Waals surface area contributed by atoms with Crippen molar-refractivity contribution in [2.75, 3.05) is 0 Å². The molecule has 1 N–H and O–H groups in total. The van der Waals surface area contributed by atoms with Crippen molar-refractivity contribution < 1.29 is 14.3 Å². The van der Waals surface area contributed by atoms with Crippen molar-refractivity contribution in [2.24, 2.45) is 0 Å². The van der Waals surface area contributed by atoms with Crippen molar-refractivity contribution in [1.82, 2.24) is 0 Å². The molecule has 1 aromatic carbocycles. The minimum Gasteiger partial charge on any atom is -0.481 e. The molecule has 0 aliphatic heterocycles. The number of aliphatic carboxylic acids is 1. The van der Waals surface area contributed by atoms with E-state index < -0.39 is 5.97 Å². The molecule has 2 rings (SSSR count). The van der Waals surface area contributed by atoms with Crippen LogP contribution in [-0.4, -0.2) is 11.1 Å². The van der Waals surface area contributed by atoms with Gasteiger partial charge in [-0.05, 0) is 12.1 Å². The fraction of sp³-hybridized carbons (Fsp3) is 0.100. The van der Waals surface area contributed by atoms with Crippen molar-refractivity contribution >= 4 is 32.9 Å². The molecule has 0 atom stereocenters. The SMILES string of the molecule is O=C(O)Cc1coc2cccc(Br)c12. The number of carboxylic acid groups (broad SMARTS) is 1. The fourth-order valence-corrected chi connectivity index (χ4v) is 2.00. The molecule has 3 nitrogen and oxygen atoms in total. The Morgan fingerprint density at radius 1 is 1.50 bits per heavy atom. The van der Waals surface area contributed by atoms with Crippen LogP contribution in [0.4, 0.5) is 0 Å². The molecule has 0 saturated carbocycles. The number of furan rings is 1. The summed E-state index contributed by atoms with van der Waals surface area (Å²) in [4.78, 5) is 10.6. The third kappa shape index (κ3) is 1.53. The highest BCUT2D eigenvalue weighted by Crippen LogP contribution is 2.28. The first-order valence-corrected chi connectivity index (χ1v) is 4.84. The molecule has 0 spiro atoms. The maximum atomic E-state index is 10.6. The molecule has 14 heavy (non-hydrogen) atoms. The Balaban J connectivity index is 2.61. The zero-order chi connectivity index (χ0) is 10.1. The van der Waals surface area contributed by atoms with E-state index in [1.54, 1.807) is 0 Å². The number of rotatable bonds is 2. The molecule has 0 aliphatic rings. The van der Waals surface area contributed by atoms with Crippen LogP contribution in [0.3, 0.4) is 0 Å². The van der Waals surface area contributed by atoms with E-state index >= 15 is 0 Å². The van der Waals surface area contributed by atoms with Crippen molar-refractivity contribution in [3.63, 3.8) is 0 Å². The number of hydrogen-bond acceptors (Lipinski definition) is 2. The normalized spacial score (nSPS) is 10.6. The summed E-state index contributed by atoms with van der Waals surface area (Å²) in [7, 11) is 0. The summed E-state index contributed by atoms with van der Waals surface area (Å²) in [5.41, 5.74) is 1.40. The molecule has 0 saturated heterocycles. The van der Waals surface area contributed by atoms with E-state index in [0.717, 1.165) is 9.86 Å². The number of carbonyl (C=O) groups is 1. The maximum Gasteiger partial charge on any atom is 0.307 e. The van der Waals surface area contributed by atoms with E-state index in [0.29, 0.717) is 11.1 Å². The molecule has 4 heteroatoms. The first-order valence-electron chi connectivity index (χ1n) is 4.05. The topological polar surface area (TPSA) is 50.4 Å². The molecule has 1 aromatic heterocycles. The Bertz CT molecular complexity index is 487. The van der Waals surface area contributed by atoms with Crippen LogP contribution in [0.1, 0.15) is 5.56 Å². The summed E-state index contributed by atoms with van der Waals surface area (Å²) >= 11 is 3.36. The summed E-state index contributed by atoms with van der Waals surface area (Å²) in [5, 5.41) is 9.52. The van der Waals surface area contributed by atoms with Crippen LogP contribution in [0.2, 0.25) is 0 Å². The van der Waals surface area contributed by atoms with Gasteiger partial charge in [0.25, 0.3) is 0 Å². The van der Waals surface area contributed by atoms with Gasteiger partial charge in [0.1, 0.15) is 5.58 Å². The summed E-state index contributed by atoms with van der Waals surface area (Å²) in [6.07, 6.45) is 1.47. The van der Waals surface area contributed by atoms with Gasteiger partial charge in [-0.2, -0.15) is 0 Å². The van der Waals surface area contributed by atoms with Gasteiger partial charge >= 0.3 is 5.97 Å². The summed E-state index contributed by atoms with van der Waals surface area (Å²) in [6.45, 7) is 0. The van der Waals surface area contributed by atoms with Gasteiger partial charge in [-0.3, -0.25) is 4.79 Å². The number of halogens is 1. The third-order valence-corrected chi connectivity index (χ3v) is 2.63. The van der Waals surface area contributed by atoms with Crippen LogP contribution in [-0.2, 0) is 11.2 Å². The molecule has 0 fully saturated rings. The van der Waals surface area contributed by atoms with Gasteiger partial charge in [0.05, 0.1) is 12.7 Å². The Hall–Kier alpha value is -1.29. The van der Waals surface area contributed by atoms with Gasteiger partial charge in [-0.1, -0.05) is 22.0 Å². The second-order valence-corrected chi connectivity index (χ2v) is 3.80. The van der Waals surface area contributed by atoms with Gasteiger partial charge < -0.3 is 9.52 Å². The van der Waals surface area contributed by atoms with Crippen LogP contribution in [0.25, 0.3) is 11.0 Å². The summed E-state index contributed by atoms with van der Waals surface area (Å²) in [5.74, 6) is -0.858. The predicted molar refractivity (Wildman–Crippen MR) is 55.3 cm³/mol. The van der Waals surface area contributed by atoms with Crippen LogP contribution >= 0.6 is 15.9 Å². The monoisotopic (exact) mass is 254 g/mol. The third-order valence-electron chi connectivity index (χ3n) is 1.97. The second-order valence-electron chi connectivity index (χ2n) is 2.94. The zero-order valence-corrected chi connectivity index (χ0v) is 8.74. The van der Waals surface area contributed by atoms with Gasteiger partial charge in [0, 0.05) is 15.4 Å². The quantitative estimate of drug-likeness (QED) is 0.897. The Labute approximate surface area is 88.5 Å². The molecule has 0 amide bonds.